The van der Waals surface area contributed by atoms with Crippen LogP contribution in [0.4, 0.5) is 0 Å². The summed E-state index contributed by atoms with van der Waals surface area (Å²) < 4.78 is 24.4. The Morgan fingerprint density at radius 3 is 2.53 bits per heavy atom. The van der Waals surface area contributed by atoms with E-state index in [0.29, 0.717) is 29.5 Å². The van der Waals surface area contributed by atoms with E-state index in [1.165, 1.54) is 0 Å². The fraction of sp³-hybridized carbons (Fsp3) is 0.273. The molecule has 4 rings (SSSR count). The summed E-state index contributed by atoms with van der Waals surface area (Å²) in [5.41, 5.74) is 0.711. The van der Waals surface area contributed by atoms with Crippen LogP contribution in [0.3, 0.4) is 0 Å². The van der Waals surface area contributed by atoms with E-state index < -0.39 is 0 Å². The van der Waals surface area contributed by atoms with E-state index in [2.05, 4.69) is 17.1 Å². The summed E-state index contributed by atoms with van der Waals surface area (Å²) in [4.78, 5) is 0. The van der Waals surface area contributed by atoms with Crippen molar-refractivity contribution in [3.8, 4) is 28.8 Å². The van der Waals surface area contributed by atoms with Gasteiger partial charge in [0, 0.05) is 17.7 Å². The molecule has 0 unspecified atom stereocenters. The van der Waals surface area contributed by atoms with Crippen molar-refractivity contribution in [2.75, 3.05) is 26.6 Å². The predicted molar refractivity (Wildman–Crippen MR) is 117 cm³/mol. The first-order valence-corrected chi connectivity index (χ1v) is 10.6. The molecule has 0 N–H and O–H groups in total. The Morgan fingerprint density at radius 2 is 1.80 bits per heavy atom. The number of hydrogen-bond acceptors (Lipinski definition) is 7. The van der Waals surface area contributed by atoms with E-state index in [1.807, 2.05) is 53.1 Å². The molecule has 0 saturated carbocycles. The zero-order valence-corrected chi connectivity index (χ0v) is 17.9. The maximum absolute atomic E-state index is 6.04. The molecule has 0 bridgehead atoms. The number of methoxy groups -OCH3 is 2. The monoisotopic (exact) mass is 425 g/mol. The molecule has 2 heterocycles. The Labute approximate surface area is 179 Å². The second kappa shape index (κ2) is 9.13. The molecular weight excluding hydrogens is 402 g/mol. The first kappa shape index (κ1) is 20.2. The fourth-order valence-electron chi connectivity index (χ4n) is 3.13. The van der Waals surface area contributed by atoms with Crippen LogP contribution in [-0.4, -0.2) is 41.3 Å². The largest absolute Gasteiger partial charge is 0.497 e. The lowest BCUT2D eigenvalue weighted by molar-refractivity contribution is 0.342. The molecule has 0 radical (unpaired) electrons. The third kappa shape index (κ3) is 4.09. The van der Waals surface area contributed by atoms with Gasteiger partial charge >= 0.3 is 0 Å². The van der Waals surface area contributed by atoms with Gasteiger partial charge in [-0.05, 0) is 43.3 Å². The second-order valence-corrected chi connectivity index (χ2v) is 7.47. The molecule has 0 atom stereocenters. The summed E-state index contributed by atoms with van der Waals surface area (Å²) in [6.07, 6.45) is 0. The lowest BCUT2D eigenvalue weighted by Crippen LogP contribution is -2.03. The van der Waals surface area contributed by atoms with Crippen molar-refractivity contribution >= 4 is 22.7 Å². The van der Waals surface area contributed by atoms with Gasteiger partial charge in [-0.1, -0.05) is 23.9 Å². The third-order valence-electron chi connectivity index (χ3n) is 4.62. The highest BCUT2D eigenvalue weighted by Crippen LogP contribution is 2.33. The van der Waals surface area contributed by atoms with Crippen LogP contribution >= 0.6 is 11.8 Å². The van der Waals surface area contributed by atoms with Gasteiger partial charge in [0.25, 0.3) is 0 Å². The molecule has 30 heavy (non-hydrogen) atoms. The molecule has 8 heteroatoms. The molecule has 2 aromatic carbocycles. The van der Waals surface area contributed by atoms with Crippen LogP contribution in [0.15, 0.2) is 58.1 Å². The maximum Gasteiger partial charge on any atom is 0.200 e. The molecule has 0 aliphatic carbocycles. The predicted octanol–water partition coefficient (Wildman–Crippen LogP) is 4.90. The summed E-state index contributed by atoms with van der Waals surface area (Å²) in [6, 6.07) is 15.3. The number of para-hydroxylation sites is 1. The number of hydrogen-bond donors (Lipinski definition) is 0. The molecule has 0 aliphatic heterocycles. The van der Waals surface area contributed by atoms with E-state index in [-0.39, 0.29) is 0 Å². The molecule has 0 aliphatic rings. The average Bonchev–Trinajstić information content (AvgIpc) is 3.40. The van der Waals surface area contributed by atoms with Gasteiger partial charge in [0.1, 0.15) is 11.5 Å². The summed E-state index contributed by atoms with van der Waals surface area (Å²) in [7, 11) is 3.28. The van der Waals surface area contributed by atoms with Crippen LogP contribution in [-0.2, 0) is 6.54 Å². The molecular formula is C22H23N3O4S. The lowest BCUT2D eigenvalue weighted by Gasteiger charge is -2.08. The number of benzene rings is 2. The fourth-order valence-corrected chi connectivity index (χ4v) is 3.95. The Hall–Kier alpha value is -3.13. The van der Waals surface area contributed by atoms with Crippen molar-refractivity contribution < 1.29 is 18.6 Å². The number of furan rings is 1. The maximum atomic E-state index is 6.04. The van der Waals surface area contributed by atoms with Gasteiger partial charge in [-0.2, -0.15) is 0 Å². The quantitative estimate of drug-likeness (QED) is 0.279. The standard InChI is InChI=1S/C22H23N3O4S/c1-4-25-21(19-14-15-6-5-7-18(27-3)20(15)29-19)23-24-22(25)30-13-12-28-17-10-8-16(26-2)9-11-17/h5-11,14H,4,12-13H2,1-3H3. The molecule has 7 nitrogen and oxygen atoms in total. The van der Waals surface area contributed by atoms with Gasteiger partial charge in [0.05, 0.1) is 20.8 Å². The van der Waals surface area contributed by atoms with E-state index in [1.54, 1.807) is 26.0 Å². The summed E-state index contributed by atoms with van der Waals surface area (Å²) in [5.74, 6) is 4.44. The van der Waals surface area contributed by atoms with Crippen molar-refractivity contribution in [1.82, 2.24) is 14.8 Å². The smallest absolute Gasteiger partial charge is 0.200 e. The second-order valence-electron chi connectivity index (χ2n) is 6.41. The molecule has 0 saturated heterocycles. The van der Waals surface area contributed by atoms with Gasteiger partial charge in [-0.15, -0.1) is 10.2 Å². The van der Waals surface area contributed by atoms with Crippen LogP contribution in [0.5, 0.6) is 17.2 Å². The number of fused-ring (bicyclic) bond motifs is 1. The Kier molecular flexibility index (Phi) is 6.13. The van der Waals surface area contributed by atoms with E-state index >= 15 is 0 Å². The SMILES string of the molecule is CCn1c(SCCOc2ccc(OC)cc2)nnc1-c1cc2cccc(OC)c2o1. The molecule has 0 amide bonds. The Bertz CT molecular complexity index is 1120. The van der Waals surface area contributed by atoms with Gasteiger partial charge in [-0.25, -0.2) is 0 Å². The highest BCUT2D eigenvalue weighted by Gasteiger charge is 2.18. The van der Waals surface area contributed by atoms with Crippen LogP contribution in [0.1, 0.15) is 6.92 Å². The van der Waals surface area contributed by atoms with Gasteiger partial charge in [0.15, 0.2) is 22.2 Å². The van der Waals surface area contributed by atoms with Crippen LogP contribution in [0.25, 0.3) is 22.6 Å². The van der Waals surface area contributed by atoms with Crippen LogP contribution in [0.2, 0.25) is 0 Å². The van der Waals surface area contributed by atoms with Gasteiger partial charge in [0.2, 0.25) is 5.82 Å². The van der Waals surface area contributed by atoms with Crippen molar-refractivity contribution in [3.05, 3.63) is 48.5 Å². The summed E-state index contributed by atoms with van der Waals surface area (Å²) >= 11 is 1.60. The topological polar surface area (TPSA) is 71.5 Å². The number of aromatic nitrogens is 3. The minimum absolute atomic E-state index is 0.560. The van der Waals surface area contributed by atoms with E-state index in [4.69, 9.17) is 18.6 Å². The number of ether oxygens (including phenoxy) is 3. The van der Waals surface area contributed by atoms with Crippen LogP contribution in [0, 0.1) is 0 Å². The zero-order valence-electron chi connectivity index (χ0n) is 17.1. The Balaban J connectivity index is 1.44. The summed E-state index contributed by atoms with van der Waals surface area (Å²) in [6.45, 7) is 3.36. The molecule has 156 valence electrons. The number of thioether (sulfide) groups is 1. The Morgan fingerprint density at radius 1 is 1.00 bits per heavy atom. The van der Waals surface area contributed by atoms with Crippen molar-refractivity contribution in [2.24, 2.45) is 0 Å². The molecule has 0 fully saturated rings. The van der Waals surface area contributed by atoms with Crippen molar-refractivity contribution in [1.29, 1.82) is 0 Å². The minimum Gasteiger partial charge on any atom is -0.497 e. The highest BCUT2D eigenvalue weighted by atomic mass is 32.2. The number of rotatable bonds is 9. The van der Waals surface area contributed by atoms with Crippen molar-refractivity contribution in [3.63, 3.8) is 0 Å². The molecule has 0 spiro atoms. The minimum atomic E-state index is 0.560. The van der Waals surface area contributed by atoms with E-state index in [0.717, 1.165) is 34.3 Å². The zero-order chi connectivity index (χ0) is 20.9. The first-order chi connectivity index (χ1) is 14.7. The molecule has 2 aromatic heterocycles. The number of nitrogens with zero attached hydrogens (tertiary/aromatic N) is 3. The lowest BCUT2D eigenvalue weighted by atomic mass is 10.2. The molecule has 4 aromatic rings. The van der Waals surface area contributed by atoms with Gasteiger partial charge < -0.3 is 18.6 Å². The summed E-state index contributed by atoms with van der Waals surface area (Å²) in [5, 5.41) is 10.5. The highest BCUT2D eigenvalue weighted by molar-refractivity contribution is 7.99. The van der Waals surface area contributed by atoms with Crippen molar-refractivity contribution in [2.45, 2.75) is 18.6 Å². The third-order valence-corrected chi connectivity index (χ3v) is 5.56. The van der Waals surface area contributed by atoms with E-state index in [9.17, 15) is 0 Å². The van der Waals surface area contributed by atoms with Crippen LogP contribution < -0.4 is 14.2 Å². The van der Waals surface area contributed by atoms with Gasteiger partial charge in [-0.3, -0.25) is 4.57 Å². The average molecular weight is 426 g/mol. The normalized spacial score (nSPS) is 11.0. The first-order valence-electron chi connectivity index (χ1n) is 9.63.